The van der Waals surface area contributed by atoms with Gasteiger partial charge in [-0.1, -0.05) is 30.3 Å². The third-order valence-corrected chi connectivity index (χ3v) is 9.11. The Morgan fingerprint density at radius 2 is 1.23 bits per heavy atom. The van der Waals surface area contributed by atoms with Crippen LogP contribution in [0.2, 0.25) is 0 Å². The van der Waals surface area contributed by atoms with Gasteiger partial charge in [0.15, 0.2) is 9.79 Å². The van der Waals surface area contributed by atoms with Gasteiger partial charge in [-0.05, 0) is 74.8 Å². The molecule has 208 valence electrons. The van der Waals surface area contributed by atoms with Crippen LogP contribution in [0.3, 0.4) is 0 Å². The molecule has 39 heavy (non-hydrogen) atoms. The number of halogens is 4. The molecule has 1 N–H and O–H groups in total. The molecule has 1 aromatic heterocycles. The number of likely N-dealkylation sites (tertiary alicyclic amines) is 1. The summed E-state index contributed by atoms with van der Waals surface area (Å²) in [5.74, 6) is -4.58. The Kier molecular flexibility index (Phi) is 8.17. The molecule has 0 aliphatic carbocycles. The number of piperidine rings is 1. The molecular formula is C26H24F4N2O5S2. The second kappa shape index (κ2) is 11.1. The first kappa shape index (κ1) is 28.7. The molecule has 3 aromatic carbocycles. The van der Waals surface area contributed by atoms with E-state index in [1.165, 1.54) is 0 Å². The molecule has 0 radical (unpaired) electrons. The summed E-state index contributed by atoms with van der Waals surface area (Å²) in [4.78, 5) is 0.00640. The molecule has 0 unspecified atom stereocenters. The van der Waals surface area contributed by atoms with Crippen molar-refractivity contribution in [3.05, 3.63) is 95.7 Å². The topological polar surface area (TPSA) is 96.7 Å². The van der Waals surface area contributed by atoms with Crippen molar-refractivity contribution in [1.82, 2.24) is 8.87 Å². The first-order chi connectivity index (χ1) is 18.3. The van der Waals surface area contributed by atoms with Crippen LogP contribution in [0.25, 0.3) is 10.9 Å². The number of nitrogens with zero attached hydrogens (tertiary/aromatic N) is 2. The number of rotatable bonds is 4. The maximum absolute atomic E-state index is 14.2. The van der Waals surface area contributed by atoms with Crippen LogP contribution in [-0.2, 0) is 20.1 Å². The van der Waals surface area contributed by atoms with E-state index in [1.54, 1.807) is 18.3 Å². The van der Waals surface area contributed by atoms with Crippen LogP contribution < -0.4 is 0 Å². The van der Waals surface area contributed by atoms with Crippen molar-refractivity contribution in [2.45, 2.75) is 28.6 Å². The van der Waals surface area contributed by atoms with Crippen molar-refractivity contribution in [3.8, 4) is 0 Å². The fourth-order valence-corrected chi connectivity index (χ4v) is 6.70. The Bertz CT molecular complexity index is 1690. The van der Waals surface area contributed by atoms with Gasteiger partial charge in [0.05, 0.1) is 5.52 Å². The Labute approximate surface area is 223 Å². The van der Waals surface area contributed by atoms with Crippen molar-refractivity contribution in [3.63, 3.8) is 0 Å². The molecule has 0 spiro atoms. The predicted molar refractivity (Wildman–Crippen MR) is 137 cm³/mol. The summed E-state index contributed by atoms with van der Waals surface area (Å²) in [6, 6.07) is 12.7. The largest absolute Gasteiger partial charge is 0.306 e. The Balaban J connectivity index is 0.000000247. The lowest BCUT2D eigenvalue weighted by Crippen LogP contribution is -2.29. The highest BCUT2D eigenvalue weighted by Gasteiger charge is 2.30. The lowest BCUT2D eigenvalue weighted by atomic mass is 9.89. The smallest absolute Gasteiger partial charge is 0.300 e. The van der Waals surface area contributed by atoms with E-state index < -0.39 is 53.2 Å². The summed E-state index contributed by atoms with van der Waals surface area (Å²) in [6.07, 6.45) is 3.37. The van der Waals surface area contributed by atoms with Gasteiger partial charge in [0.2, 0.25) is 0 Å². The Hall–Kier alpha value is -3.26. The minimum absolute atomic E-state index is 0.216. The number of hydrogen-bond acceptors (Lipinski definition) is 5. The molecule has 1 aliphatic rings. The monoisotopic (exact) mass is 584 g/mol. The van der Waals surface area contributed by atoms with E-state index in [2.05, 4.69) is 11.9 Å². The molecule has 7 nitrogen and oxygen atoms in total. The lowest BCUT2D eigenvalue weighted by molar-refractivity contribution is 0.256. The average Bonchev–Trinajstić information content (AvgIpc) is 3.24. The van der Waals surface area contributed by atoms with Crippen molar-refractivity contribution >= 4 is 31.0 Å². The zero-order valence-corrected chi connectivity index (χ0v) is 22.2. The van der Waals surface area contributed by atoms with E-state index >= 15 is 0 Å². The number of aromatic nitrogens is 1. The van der Waals surface area contributed by atoms with Crippen LogP contribution >= 0.6 is 0 Å². The second-order valence-corrected chi connectivity index (χ2v) is 12.2. The third-order valence-electron chi connectivity index (χ3n) is 6.48. The van der Waals surface area contributed by atoms with Crippen LogP contribution in [0.4, 0.5) is 17.6 Å². The fraction of sp³-hybridized carbons (Fsp3) is 0.231. The molecule has 1 saturated heterocycles. The van der Waals surface area contributed by atoms with E-state index in [0.29, 0.717) is 5.52 Å². The quantitative estimate of drug-likeness (QED) is 0.263. The zero-order chi connectivity index (χ0) is 28.5. The molecular weight excluding hydrogens is 560 g/mol. The van der Waals surface area contributed by atoms with E-state index in [4.69, 9.17) is 4.55 Å². The van der Waals surface area contributed by atoms with Gasteiger partial charge in [-0.2, -0.15) is 8.42 Å². The van der Waals surface area contributed by atoms with E-state index in [0.717, 1.165) is 77.3 Å². The van der Waals surface area contributed by atoms with Gasteiger partial charge in [0.25, 0.3) is 20.1 Å². The second-order valence-electron chi connectivity index (χ2n) is 9.06. The molecule has 4 aromatic rings. The summed E-state index contributed by atoms with van der Waals surface area (Å²) >= 11 is 0. The van der Waals surface area contributed by atoms with Gasteiger partial charge in [0.1, 0.15) is 23.3 Å². The fourth-order valence-electron chi connectivity index (χ4n) is 4.58. The van der Waals surface area contributed by atoms with Crippen LogP contribution in [0, 0.1) is 23.3 Å². The highest BCUT2D eigenvalue weighted by atomic mass is 32.2. The number of fused-ring (bicyclic) bond motifs is 1. The molecule has 0 saturated carbocycles. The average molecular weight is 585 g/mol. The molecule has 1 aliphatic heterocycles. The van der Waals surface area contributed by atoms with E-state index in [9.17, 15) is 34.4 Å². The summed E-state index contributed by atoms with van der Waals surface area (Å²) in [6.45, 7) is 1.86. The summed E-state index contributed by atoms with van der Waals surface area (Å²) in [5, 5.41) is 0.812. The van der Waals surface area contributed by atoms with Gasteiger partial charge >= 0.3 is 0 Å². The van der Waals surface area contributed by atoms with Crippen molar-refractivity contribution < 1.29 is 39.0 Å². The number of benzene rings is 3. The van der Waals surface area contributed by atoms with Gasteiger partial charge in [-0.15, -0.1) is 0 Å². The van der Waals surface area contributed by atoms with Crippen LogP contribution in [-0.4, -0.2) is 50.4 Å². The molecule has 0 atom stereocenters. The molecule has 1 fully saturated rings. The van der Waals surface area contributed by atoms with Crippen molar-refractivity contribution in [1.29, 1.82) is 0 Å². The van der Waals surface area contributed by atoms with Crippen molar-refractivity contribution in [2.75, 3.05) is 20.1 Å². The maximum atomic E-state index is 14.2. The molecule has 5 rings (SSSR count). The standard InChI is InChI=1S/C20H20F2N2O2S.C6H4F2O3S/c1-23-11-9-14(10-12-23)16-13-24(19-8-3-2-5-15(16)19)27(25,26)20-17(21)6-4-7-18(20)22;7-4-2-1-3-5(8)6(4)12(9,10)11/h2-8,13-14H,9-12H2,1H3;1-3H,(H,9,10,11). The summed E-state index contributed by atoms with van der Waals surface area (Å²) in [5.41, 5.74) is 1.35. The van der Waals surface area contributed by atoms with Crippen LogP contribution in [0.5, 0.6) is 0 Å². The highest BCUT2D eigenvalue weighted by molar-refractivity contribution is 7.90. The van der Waals surface area contributed by atoms with Gasteiger partial charge in [-0.3, -0.25) is 4.55 Å². The Morgan fingerprint density at radius 1 is 0.744 bits per heavy atom. The van der Waals surface area contributed by atoms with Crippen LogP contribution in [0.15, 0.2) is 76.7 Å². The normalized spacial score (nSPS) is 15.2. The van der Waals surface area contributed by atoms with Crippen molar-refractivity contribution in [2.24, 2.45) is 0 Å². The van der Waals surface area contributed by atoms with E-state index in [-0.39, 0.29) is 5.92 Å². The minimum atomic E-state index is -4.81. The number of para-hydroxylation sites is 1. The maximum Gasteiger partial charge on any atom is 0.300 e. The number of hydrogen-bond donors (Lipinski definition) is 1. The summed E-state index contributed by atoms with van der Waals surface area (Å²) < 4.78 is 110. The molecule has 2 heterocycles. The third kappa shape index (κ3) is 5.86. The highest BCUT2D eigenvalue weighted by Crippen LogP contribution is 2.36. The Morgan fingerprint density at radius 3 is 1.72 bits per heavy atom. The lowest BCUT2D eigenvalue weighted by Gasteiger charge is -2.28. The van der Waals surface area contributed by atoms with Crippen LogP contribution in [0.1, 0.15) is 24.3 Å². The molecule has 0 amide bonds. The van der Waals surface area contributed by atoms with Gasteiger partial charge in [-0.25, -0.2) is 30.0 Å². The SMILES string of the molecule is CN1CCC(c2cn(S(=O)(=O)c3c(F)cccc3F)c3ccccc23)CC1.O=S(=O)(O)c1c(F)cccc1F. The first-order valence-corrected chi connectivity index (χ1v) is 14.6. The zero-order valence-electron chi connectivity index (χ0n) is 20.6. The van der Waals surface area contributed by atoms with Gasteiger partial charge in [0, 0.05) is 11.6 Å². The molecule has 13 heteroatoms. The van der Waals surface area contributed by atoms with E-state index in [1.807, 2.05) is 12.1 Å². The first-order valence-electron chi connectivity index (χ1n) is 11.7. The van der Waals surface area contributed by atoms with Gasteiger partial charge < -0.3 is 4.90 Å². The predicted octanol–water partition coefficient (Wildman–Crippen LogP) is 5.18. The molecule has 0 bridgehead atoms. The summed E-state index contributed by atoms with van der Waals surface area (Å²) in [7, 11) is -7.15. The minimum Gasteiger partial charge on any atom is -0.306 e.